The summed E-state index contributed by atoms with van der Waals surface area (Å²) in [6.45, 7) is -0.0608. The van der Waals surface area contributed by atoms with E-state index >= 15 is 0 Å². The lowest BCUT2D eigenvalue weighted by molar-refractivity contribution is -0.122. The number of carboxylic acid groups (broad SMARTS) is 1. The van der Waals surface area contributed by atoms with Crippen molar-refractivity contribution in [2.45, 2.75) is 13.0 Å². The van der Waals surface area contributed by atoms with Crippen LogP contribution < -0.4 is 5.32 Å². The van der Waals surface area contributed by atoms with Crippen LogP contribution in [0.4, 0.5) is 8.78 Å². The molecule has 1 heterocycles. The first-order valence-electron chi connectivity index (χ1n) is 5.17. The number of carbonyl (C=O) groups excluding carboxylic acids is 1. The number of hydrogen-bond acceptors (Lipinski definition) is 5. The normalized spacial score (nSPS) is 10.7. The molecule has 0 unspecified atom stereocenters. The van der Waals surface area contributed by atoms with E-state index in [0.717, 1.165) is 0 Å². The lowest BCUT2D eigenvalue weighted by Crippen LogP contribution is -2.31. The highest BCUT2D eigenvalue weighted by molar-refractivity contribution is 5.86. The number of aromatic nitrogens is 3. The van der Waals surface area contributed by atoms with Crippen LogP contribution in [0.5, 0.6) is 0 Å². The molecule has 1 amide bonds. The molecule has 0 fully saturated rings. The van der Waals surface area contributed by atoms with E-state index in [0.29, 0.717) is 4.68 Å². The van der Waals surface area contributed by atoms with E-state index in [1.165, 1.54) is 7.11 Å². The Morgan fingerprint density at radius 3 is 2.74 bits per heavy atom. The number of nitrogens with zero attached hydrogens (tertiary/aromatic N) is 3. The highest BCUT2D eigenvalue weighted by Gasteiger charge is 2.27. The number of halogens is 2. The predicted molar refractivity (Wildman–Crippen MR) is 56.8 cm³/mol. The Balaban J connectivity index is 2.78. The Morgan fingerprint density at radius 1 is 1.53 bits per heavy atom. The first kappa shape index (κ1) is 15.0. The fourth-order valence-corrected chi connectivity index (χ4v) is 1.29. The second kappa shape index (κ2) is 6.73. The zero-order chi connectivity index (χ0) is 14.4. The summed E-state index contributed by atoms with van der Waals surface area (Å²) in [4.78, 5) is 22.1. The van der Waals surface area contributed by atoms with Crippen LogP contribution in [0.15, 0.2) is 0 Å². The summed E-state index contributed by atoms with van der Waals surface area (Å²) >= 11 is 0. The number of carbonyl (C=O) groups is 2. The Labute approximate surface area is 106 Å². The maximum atomic E-state index is 12.7. The summed E-state index contributed by atoms with van der Waals surface area (Å²) in [5.74, 6) is -2.22. The topological polar surface area (TPSA) is 106 Å². The van der Waals surface area contributed by atoms with Crippen molar-refractivity contribution in [3.63, 3.8) is 0 Å². The lowest BCUT2D eigenvalue weighted by atomic mass is 10.3. The number of carboxylic acids is 1. The van der Waals surface area contributed by atoms with Crippen LogP contribution in [0.25, 0.3) is 0 Å². The van der Waals surface area contributed by atoms with Crippen molar-refractivity contribution in [1.82, 2.24) is 20.3 Å². The maximum Gasteiger partial charge on any atom is 0.358 e. The molecule has 0 radical (unpaired) electrons. The minimum absolute atomic E-state index is 0.208. The zero-order valence-electron chi connectivity index (χ0n) is 9.97. The molecule has 0 spiro atoms. The quantitative estimate of drug-likeness (QED) is 0.662. The van der Waals surface area contributed by atoms with Gasteiger partial charge in [-0.05, 0) is 0 Å². The third-order valence-corrected chi connectivity index (χ3v) is 2.10. The van der Waals surface area contributed by atoms with Gasteiger partial charge in [0, 0.05) is 13.7 Å². The van der Waals surface area contributed by atoms with Crippen LogP contribution in [0, 0.1) is 0 Å². The molecule has 10 heteroatoms. The van der Waals surface area contributed by atoms with E-state index in [4.69, 9.17) is 9.84 Å². The third-order valence-electron chi connectivity index (χ3n) is 2.10. The van der Waals surface area contributed by atoms with Crippen molar-refractivity contribution in [2.24, 2.45) is 0 Å². The number of rotatable bonds is 7. The van der Waals surface area contributed by atoms with Crippen molar-refractivity contribution < 1.29 is 28.2 Å². The molecule has 2 N–H and O–H groups in total. The highest BCUT2D eigenvalue weighted by atomic mass is 19.3. The third kappa shape index (κ3) is 3.95. The molecule has 0 aliphatic heterocycles. The summed E-state index contributed by atoms with van der Waals surface area (Å²) in [5.41, 5.74) is -1.76. The molecule has 0 saturated carbocycles. The van der Waals surface area contributed by atoms with Crippen LogP contribution in [0.2, 0.25) is 0 Å². The molecule has 19 heavy (non-hydrogen) atoms. The average molecular weight is 278 g/mol. The van der Waals surface area contributed by atoms with Gasteiger partial charge in [0.1, 0.15) is 12.2 Å². The summed E-state index contributed by atoms with van der Waals surface area (Å²) in [6.07, 6.45) is -3.09. The van der Waals surface area contributed by atoms with Crippen molar-refractivity contribution in [3.8, 4) is 0 Å². The first-order valence-corrected chi connectivity index (χ1v) is 5.17. The van der Waals surface area contributed by atoms with Gasteiger partial charge in [-0.15, -0.1) is 5.10 Å². The smallest absolute Gasteiger partial charge is 0.358 e. The number of ether oxygens (including phenoxy) is 1. The molecular weight excluding hydrogens is 266 g/mol. The fraction of sp³-hybridized carbons (Fsp3) is 0.556. The molecule has 0 aliphatic carbocycles. The van der Waals surface area contributed by atoms with E-state index < -0.39 is 36.2 Å². The molecule has 1 rings (SSSR count). The van der Waals surface area contributed by atoms with Crippen molar-refractivity contribution in [3.05, 3.63) is 11.4 Å². The number of alkyl halides is 2. The van der Waals surface area contributed by atoms with Crippen molar-refractivity contribution >= 4 is 11.9 Å². The Kier molecular flexibility index (Phi) is 5.30. The minimum Gasteiger partial charge on any atom is -0.476 e. The van der Waals surface area contributed by atoms with Gasteiger partial charge < -0.3 is 15.2 Å². The van der Waals surface area contributed by atoms with Gasteiger partial charge in [-0.1, -0.05) is 5.21 Å². The second-order valence-electron chi connectivity index (χ2n) is 3.43. The molecule has 0 atom stereocenters. The molecule has 0 aliphatic rings. The fourth-order valence-electron chi connectivity index (χ4n) is 1.29. The number of amides is 1. The molecule has 8 nitrogen and oxygen atoms in total. The van der Waals surface area contributed by atoms with E-state index in [-0.39, 0.29) is 13.2 Å². The van der Waals surface area contributed by atoms with Gasteiger partial charge in [0.2, 0.25) is 5.91 Å². The van der Waals surface area contributed by atoms with Gasteiger partial charge in [-0.2, -0.15) is 0 Å². The first-order chi connectivity index (χ1) is 8.97. The van der Waals surface area contributed by atoms with E-state index in [1.807, 2.05) is 0 Å². The second-order valence-corrected chi connectivity index (χ2v) is 3.43. The summed E-state index contributed by atoms with van der Waals surface area (Å²) in [7, 11) is 1.44. The Morgan fingerprint density at radius 2 is 2.21 bits per heavy atom. The van der Waals surface area contributed by atoms with Gasteiger partial charge in [0.15, 0.2) is 5.69 Å². The summed E-state index contributed by atoms with van der Waals surface area (Å²) in [6, 6.07) is 0. The van der Waals surface area contributed by atoms with Crippen molar-refractivity contribution in [2.75, 3.05) is 20.3 Å². The van der Waals surface area contributed by atoms with Crippen LogP contribution in [-0.2, 0) is 16.1 Å². The van der Waals surface area contributed by atoms with Crippen LogP contribution >= 0.6 is 0 Å². The average Bonchev–Trinajstić information content (AvgIpc) is 2.73. The number of methoxy groups -OCH3 is 1. The minimum atomic E-state index is -3.09. The molecule has 0 bridgehead atoms. The largest absolute Gasteiger partial charge is 0.476 e. The Bertz CT molecular complexity index is 463. The highest BCUT2D eigenvalue weighted by Crippen LogP contribution is 2.21. The van der Waals surface area contributed by atoms with E-state index in [2.05, 4.69) is 15.6 Å². The SMILES string of the molecule is COCCNC(=O)Cn1nnc(C(=O)O)c1C(F)F. The lowest BCUT2D eigenvalue weighted by Gasteiger charge is -2.07. The van der Waals surface area contributed by atoms with Gasteiger partial charge >= 0.3 is 5.97 Å². The standard InChI is InChI=1S/C9H12F2N4O4/c1-19-3-2-12-5(16)4-15-7(8(10)11)6(9(17)18)13-14-15/h8H,2-4H2,1H3,(H,12,16)(H,17,18). The van der Waals surface area contributed by atoms with E-state index in [1.54, 1.807) is 0 Å². The number of aromatic carboxylic acids is 1. The van der Waals surface area contributed by atoms with Crippen molar-refractivity contribution in [1.29, 1.82) is 0 Å². The summed E-state index contributed by atoms with van der Waals surface area (Å²) in [5, 5.41) is 17.4. The molecule has 1 aromatic rings. The maximum absolute atomic E-state index is 12.7. The number of nitrogens with one attached hydrogen (secondary N) is 1. The predicted octanol–water partition coefficient (Wildman–Crippen LogP) is -0.324. The van der Waals surface area contributed by atoms with Crippen LogP contribution in [-0.4, -0.2) is 52.2 Å². The molecule has 0 aromatic carbocycles. The zero-order valence-corrected chi connectivity index (χ0v) is 9.97. The van der Waals surface area contributed by atoms with Crippen LogP contribution in [0.1, 0.15) is 22.6 Å². The van der Waals surface area contributed by atoms with Gasteiger partial charge in [-0.25, -0.2) is 18.3 Å². The van der Waals surface area contributed by atoms with Gasteiger partial charge in [0.25, 0.3) is 6.43 Å². The van der Waals surface area contributed by atoms with Gasteiger partial charge in [-0.3, -0.25) is 4.79 Å². The molecule has 0 saturated heterocycles. The Hall–Kier alpha value is -2.10. The molecule has 106 valence electrons. The summed E-state index contributed by atoms with van der Waals surface area (Å²) < 4.78 is 30.7. The van der Waals surface area contributed by atoms with Crippen LogP contribution in [0.3, 0.4) is 0 Å². The molecule has 1 aromatic heterocycles. The van der Waals surface area contributed by atoms with E-state index in [9.17, 15) is 18.4 Å². The monoisotopic (exact) mass is 278 g/mol. The molecular formula is C9H12F2N4O4. The van der Waals surface area contributed by atoms with Gasteiger partial charge in [0.05, 0.1) is 6.61 Å². The number of hydrogen-bond donors (Lipinski definition) is 2.